The summed E-state index contributed by atoms with van der Waals surface area (Å²) in [5.74, 6) is -3.66. The Hall–Kier alpha value is -6.73. The second kappa shape index (κ2) is 23.6. The quantitative estimate of drug-likeness (QED) is 0.0903. The van der Waals surface area contributed by atoms with Crippen LogP contribution in [0, 0.1) is 0 Å². The molecule has 7 rings (SSSR count). The van der Waals surface area contributed by atoms with E-state index < -0.39 is 38.1 Å². The molecule has 67 heavy (non-hydrogen) atoms. The molecule has 0 heterocycles. The van der Waals surface area contributed by atoms with Gasteiger partial charge in [-0.3, -0.25) is 0 Å². The molecule has 7 aromatic rings. The highest BCUT2D eigenvalue weighted by molar-refractivity contribution is 7.85. The molecular weight excluding hydrogens is 859 g/mol. The Morgan fingerprint density at radius 2 is 0.597 bits per heavy atom. The van der Waals surface area contributed by atoms with Gasteiger partial charge in [-0.2, -0.15) is 0 Å². The molecule has 0 aromatic heterocycles. The first-order chi connectivity index (χ1) is 31.5. The minimum absolute atomic E-state index is 0.386. The first-order valence-electron chi connectivity index (χ1n) is 21.8. The fourth-order valence-electron chi connectivity index (χ4n) is 8.11. The van der Waals surface area contributed by atoms with Crippen LogP contribution in [0.25, 0.3) is 0 Å². The van der Waals surface area contributed by atoms with Crippen LogP contribution < -0.4 is 10.2 Å². The third-order valence-corrected chi connectivity index (χ3v) is 11.6. The first kappa shape index (κ1) is 52.9. The van der Waals surface area contributed by atoms with Crippen molar-refractivity contribution in [3.63, 3.8) is 0 Å². The van der Waals surface area contributed by atoms with Crippen LogP contribution in [0.3, 0.4) is 0 Å². The largest absolute Gasteiger partial charge is 0.744 e. The summed E-state index contributed by atoms with van der Waals surface area (Å²) >= 11 is 0. The highest BCUT2D eigenvalue weighted by atomic mass is 32.2. The molecule has 0 aliphatic rings. The lowest BCUT2D eigenvalue weighted by Crippen LogP contribution is -2.39. The Morgan fingerprint density at radius 3 is 0.761 bits per heavy atom. The van der Waals surface area contributed by atoms with Crippen molar-refractivity contribution in [2.75, 3.05) is 63.4 Å². The number of carboxylic acids is 2. The van der Waals surface area contributed by atoms with E-state index in [4.69, 9.17) is 0 Å². The maximum absolute atomic E-state index is 10.6. The van der Waals surface area contributed by atoms with Gasteiger partial charge in [-0.05, 0) is 17.7 Å². The van der Waals surface area contributed by atoms with Gasteiger partial charge < -0.3 is 37.8 Å². The van der Waals surface area contributed by atoms with Gasteiger partial charge in [0.15, 0.2) is 0 Å². The fourth-order valence-corrected chi connectivity index (χ4v) is 8.75. The van der Waals surface area contributed by atoms with Crippen LogP contribution in [0.1, 0.15) is 72.2 Å². The molecule has 0 saturated carbocycles. The van der Waals surface area contributed by atoms with E-state index in [1.807, 2.05) is 0 Å². The minimum atomic E-state index is -5.01. The predicted octanol–water partition coefficient (Wildman–Crippen LogP) is 7.76. The van der Waals surface area contributed by atoms with Gasteiger partial charge in [0.05, 0.1) is 80.3 Å². The maximum atomic E-state index is 10.6. The molecule has 11 heteroatoms. The Morgan fingerprint density at radius 1 is 0.373 bits per heavy atom. The molecule has 10 nitrogen and oxygen atoms in total. The van der Waals surface area contributed by atoms with Crippen LogP contribution >= 0.6 is 0 Å². The predicted molar refractivity (Wildman–Crippen MR) is 261 cm³/mol. The van der Waals surface area contributed by atoms with Crippen molar-refractivity contribution in [1.29, 1.82) is 0 Å². The van der Waals surface area contributed by atoms with E-state index in [0.29, 0.717) is 30.3 Å². The number of benzene rings is 7. The zero-order chi connectivity index (χ0) is 49.4. The third kappa shape index (κ3) is 16.0. The van der Waals surface area contributed by atoms with Gasteiger partial charge in [0.2, 0.25) is 0 Å². The van der Waals surface area contributed by atoms with E-state index in [-0.39, 0.29) is 0 Å². The van der Waals surface area contributed by atoms with Crippen LogP contribution in [-0.4, -0.2) is 102 Å². The number of carbonyl (C=O) groups is 2. The number of carboxylic acid groups (broad SMARTS) is 2. The van der Waals surface area contributed by atoms with Crippen LogP contribution in [0.15, 0.2) is 205 Å². The fraction of sp³-hybridized carbons (Fsp3) is 0.214. The zero-order valence-electron chi connectivity index (χ0n) is 39.9. The van der Waals surface area contributed by atoms with Crippen molar-refractivity contribution in [3.05, 3.63) is 245 Å². The average molecular weight is 922 g/mol. The van der Waals surface area contributed by atoms with Crippen LogP contribution in [0.4, 0.5) is 0 Å². The van der Waals surface area contributed by atoms with Crippen molar-refractivity contribution in [2.24, 2.45) is 0 Å². The highest BCUT2D eigenvalue weighted by Crippen LogP contribution is 2.32. The number of aromatic carboxylic acids is 2. The van der Waals surface area contributed by atoms with Gasteiger partial charge in [0.25, 0.3) is 0 Å². The summed E-state index contributed by atoms with van der Waals surface area (Å²) in [6.07, 6.45) is 0. The molecular formula is C56H63N3O7S. The second-order valence-corrected chi connectivity index (χ2v) is 20.1. The molecule has 0 spiro atoms. The maximum Gasteiger partial charge on any atom is 0.140 e. The zero-order valence-corrected chi connectivity index (χ0v) is 40.7. The molecule has 0 bridgehead atoms. The van der Waals surface area contributed by atoms with E-state index in [9.17, 15) is 32.8 Å². The average Bonchev–Trinajstić information content (AvgIpc) is 3.27. The van der Waals surface area contributed by atoms with Crippen molar-refractivity contribution >= 4 is 22.1 Å². The molecule has 0 aliphatic carbocycles. The van der Waals surface area contributed by atoms with E-state index >= 15 is 0 Å². The topological polar surface area (TPSA) is 137 Å². The third-order valence-electron chi connectivity index (χ3n) is 10.7. The van der Waals surface area contributed by atoms with Crippen molar-refractivity contribution < 1.29 is 46.2 Å². The summed E-state index contributed by atoms with van der Waals surface area (Å²) in [6, 6.07) is 67.3. The lowest BCUT2D eigenvalue weighted by molar-refractivity contribution is -0.896. The Bertz CT molecular complexity index is 2360. The Labute approximate surface area is 397 Å². The minimum Gasteiger partial charge on any atom is -0.744 e. The normalized spacial score (nSPS) is 11.6. The van der Waals surface area contributed by atoms with E-state index in [1.165, 1.54) is 33.4 Å². The van der Waals surface area contributed by atoms with Gasteiger partial charge in [0, 0.05) is 38.9 Å². The summed E-state index contributed by atoms with van der Waals surface area (Å²) < 4.78 is 34.6. The number of rotatable bonds is 12. The first-order valence-corrected chi connectivity index (χ1v) is 23.2. The van der Waals surface area contributed by atoms with Gasteiger partial charge in [-0.15, -0.1) is 0 Å². The van der Waals surface area contributed by atoms with Crippen molar-refractivity contribution in [2.45, 2.75) is 23.0 Å². The van der Waals surface area contributed by atoms with Gasteiger partial charge >= 0.3 is 0 Å². The standard InChI is InChI=1S/3C16H20N.C8H6O7S/c3*1-17(2,3)16(14-10-6-4-7-11-14)15-12-8-5-9-13-15;9-7(10)4-1-2-6(16(13,14)15)5(3-4)8(11)12/h3*4-13,16H,1-3H3;1-3H,(H,9,10)(H,11,12)(H,13,14,15)/q3*+1;/p-3. The summed E-state index contributed by atoms with van der Waals surface area (Å²) in [6.45, 7) is 0. The molecule has 0 N–H and O–H groups in total. The molecule has 350 valence electrons. The number of hydrogen-bond acceptors (Lipinski definition) is 7. The number of carbonyl (C=O) groups excluding carboxylic acids is 2. The molecule has 0 amide bonds. The van der Waals surface area contributed by atoms with Crippen LogP contribution in [0.5, 0.6) is 0 Å². The molecule has 0 saturated heterocycles. The summed E-state index contributed by atoms with van der Waals surface area (Å²) in [7, 11) is 15.2. The van der Waals surface area contributed by atoms with E-state index in [1.54, 1.807) is 0 Å². The monoisotopic (exact) mass is 921 g/mol. The van der Waals surface area contributed by atoms with E-state index in [2.05, 4.69) is 245 Å². The van der Waals surface area contributed by atoms with Gasteiger partial charge in [0.1, 0.15) is 28.2 Å². The summed E-state index contributed by atoms with van der Waals surface area (Å²) in [5.41, 5.74) is 6.63. The van der Waals surface area contributed by atoms with Crippen LogP contribution in [0.2, 0.25) is 0 Å². The lowest BCUT2D eigenvalue weighted by Gasteiger charge is -2.34. The van der Waals surface area contributed by atoms with Crippen LogP contribution in [-0.2, 0) is 10.1 Å². The molecule has 0 fully saturated rings. The molecule has 0 atom stereocenters. The smallest absolute Gasteiger partial charge is 0.140 e. The molecule has 7 aromatic carbocycles. The van der Waals surface area contributed by atoms with E-state index in [0.717, 1.165) is 19.5 Å². The Balaban J connectivity index is 0.000000195. The highest BCUT2D eigenvalue weighted by Gasteiger charge is 2.29. The second-order valence-electron chi connectivity index (χ2n) is 18.8. The molecule has 0 unspecified atom stereocenters. The lowest BCUT2D eigenvalue weighted by atomic mass is 9.96. The Kier molecular flexibility index (Phi) is 18.7. The summed E-state index contributed by atoms with van der Waals surface area (Å²) in [5, 5.41) is 20.9. The number of hydrogen-bond donors (Lipinski definition) is 0. The van der Waals surface area contributed by atoms with Gasteiger partial charge in [-0.25, -0.2) is 8.42 Å². The van der Waals surface area contributed by atoms with Crippen molar-refractivity contribution in [3.8, 4) is 0 Å². The number of nitrogens with zero attached hydrogens (tertiary/aromatic N) is 3. The number of quaternary nitrogens is 3. The molecule has 0 aliphatic heterocycles. The SMILES string of the molecule is C[N+](C)(C)C(c1ccccc1)c1ccccc1.C[N+](C)(C)C(c1ccccc1)c1ccccc1.C[N+](C)(C)C(c1ccccc1)c1ccccc1.O=C([O-])c1ccc(S(=O)(=O)[O-])c(C(=O)[O-])c1. The summed E-state index contributed by atoms with van der Waals surface area (Å²) in [4.78, 5) is 19.9. The molecule has 0 radical (unpaired) electrons. The van der Waals surface area contributed by atoms with Crippen molar-refractivity contribution in [1.82, 2.24) is 0 Å². The van der Waals surface area contributed by atoms with Gasteiger partial charge in [-0.1, -0.05) is 188 Å².